The fraction of sp³-hybridized carbons (Fsp3) is 0.462. The van der Waals surface area contributed by atoms with Gasteiger partial charge >= 0.3 is 12.2 Å². The summed E-state index contributed by atoms with van der Waals surface area (Å²) in [5.74, 6) is 1.08. The summed E-state index contributed by atoms with van der Waals surface area (Å²) in [5.41, 5.74) is 6.43. The van der Waals surface area contributed by atoms with Gasteiger partial charge in [0.25, 0.3) is 0 Å². The Morgan fingerprint density at radius 1 is 0.606 bits per heavy atom. The minimum Gasteiger partial charge on any atom is -0.453 e. The minimum absolute atomic E-state index is 0.0458. The molecule has 0 spiro atoms. The summed E-state index contributed by atoms with van der Waals surface area (Å²) in [4.78, 5) is 74.9. The maximum atomic E-state index is 14.3. The van der Waals surface area contributed by atoms with Crippen molar-refractivity contribution in [2.75, 3.05) is 27.3 Å². The molecule has 2 aromatic heterocycles. The van der Waals surface area contributed by atoms with Gasteiger partial charge in [0.2, 0.25) is 11.8 Å². The molecule has 4 amide bonds. The van der Waals surface area contributed by atoms with E-state index in [9.17, 15) is 19.2 Å². The molecule has 0 radical (unpaired) electrons. The number of benzene rings is 4. The highest BCUT2D eigenvalue weighted by atomic mass is 16.5. The number of nitrogens with zero attached hydrogens (tertiary/aromatic N) is 4. The molecule has 2 saturated carbocycles. The Hall–Kier alpha value is -6.44. The van der Waals surface area contributed by atoms with E-state index in [1.54, 1.807) is 0 Å². The van der Waals surface area contributed by atoms with Crippen molar-refractivity contribution in [2.45, 2.75) is 103 Å². The number of hydrogen-bond donors (Lipinski definition) is 4. The number of carbonyl (C=O) groups is 4. The van der Waals surface area contributed by atoms with Gasteiger partial charge in [0.05, 0.1) is 36.3 Å². The largest absolute Gasteiger partial charge is 0.453 e. The number of ether oxygens (including phenoxy) is 2. The van der Waals surface area contributed by atoms with Crippen LogP contribution in [0.5, 0.6) is 0 Å². The number of amides is 4. The second-order valence-corrected chi connectivity index (χ2v) is 20.9. The molecule has 4 fully saturated rings. The fourth-order valence-electron chi connectivity index (χ4n) is 12.2. The van der Waals surface area contributed by atoms with Crippen LogP contribution >= 0.6 is 0 Å². The van der Waals surface area contributed by atoms with Gasteiger partial charge in [-0.2, -0.15) is 0 Å². The van der Waals surface area contributed by atoms with Crippen LogP contribution in [0.1, 0.15) is 91.7 Å². The summed E-state index contributed by atoms with van der Waals surface area (Å²) in [6.07, 6.45) is 3.91. The van der Waals surface area contributed by atoms with Gasteiger partial charge in [0, 0.05) is 13.1 Å². The standard InChI is InChI=1S/C52H60N8O6/c1-29(2)41(57-47(63)65-7)43(61)59-27-49(5)19-21-51(59,25-49)45-53-37-17-15-31(23-39(37)55-45)33-11-9-14-36-34(12-10-13-35(33)36)32-16-18-38-40(24-32)56-46(54-38)52-22-20-50(6,26-52)28-60(52)44(62)42(30(3)4)58-48(64)66-8/h9-18,23-24,29-30,41-42H,19-22,25-28H2,1-8H3,(H,53,55)(H,54,56)(H,57,63)(H,58,64)/t41-,42-,49-,50-,51+,52?/m0/s1. The molecule has 344 valence electrons. The summed E-state index contributed by atoms with van der Waals surface area (Å²) >= 11 is 0. The Morgan fingerprint density at radius 3 is 1.38 bits per heavy atom. The Kier molecular flexibility index (Phi) is 10.3. The first-order chi connectivity index (χ1) is 31.5. The number of aromatic amines is 2. The molecule has 2 saturated heterocycles. The quantitative estimate of drug-likeness (QED) is 0.105. The maximum Gasteiger partial charge on any atom is 0.407 e. The molecule has 4 aliphatic rings. The van der Waals surface area contributed by atoms with E-state index in [-0.39, 0.29) is 34.5 Å². The van der Waals surface area contributed by atoms with Gasteiger partial charge < -0.3 is 39.9 Å². The number of likely N-dealkylation sites (tertiary alicyclic amines) is 2. The number of aromatic nitrogens is 4. The summed E-state index contributed by atoms with van der Waals surface area (Å²) in [7, 11) is 2.62. The predicted molar refractivity (Wildman–Crippen MR) is 253 cm³/mol. The Bertz CT molecular complexity index is 2760. The minimum atomic E-state index is -0.719. The number of hydrogen-bond acceptors (Lipinski definition) is 8. The van der Waals surface area contributed by atoms with Gasteiger partial charge in [0.15, 0.2) is 0 Å². The van der Waals surface area contributed by atoms with Gasteiger partial charge in [-0.05, 0) is 118 Å². The van der Waals surface area contributed by atoms with Crippen LogP contribution in [0.4, 0.5) is 9.59 Å². The van der Waals surface area contributed by atoms with Crippen molar-refractivity contribution in [3.8, 4) is 22.3 Å². The lowest BCUT2D eigenvalue weighted by molar-refractivity contribution is -0.141. The van der Waals surface area contributed by atoms with E-state index in [1.165, 1.54) is 14.2 Å². The number of alkyl carbamates (subject to hydrolysis) is 2. The predicted octanol–water partition coefficient (Wildman–Crippen LogP) is 9.14. The molecule has 14 nitrogen and oxygen atoms in total. The Labute approximate surface area is 384 Å². The number of rotatable bonds is 10. The first-order valence-electron chi connectivity index (χ1n) is 23.3. The first kappa shape index (κ1) is 43.5. The smallest absolute Gasteiger partial charge is 0.407 e. The highest BCUT2D eigenvalue weighted by Crippen LogP contribution is 2.60. The van der Waals surface area contributed by atoms with Crippen molar-refractivity contribution in [1.82, 2.24) is 40.4 Å². The topological polar surface area (TPSA) is 175 Å². The van der Waals surface area contributed by atoms with Gasteiger partial charge in [-0.3, -0.25) is 9.59 Å². The third kappa shape index (κ3) is 6.88. The molecule has 4 N–H and O–H groups in total. The van der Waals surface area contributed by atoms with Crippen LogP contribution in [0, 0.1) is 22.7 Å². The number of methoxy groups -OCH3 is 2. The van der Waals surface area contributed by atoms with Gasteiger partial charge in [-0.1, -0.05) is 90.1 Å². The lowest BCUT2D eigenvalue weighted by Gasteiger charge is -2.40. The number of nitrogens with one attached hydrogen (secondary N) is 4. The maximum absolute atomic E-state index is 14.3. The van der Waals surface area contributed by atoms with Crippen LogP contribution in [0.3, 0.4) is 0 Å². The summed E-state index contributed by atoms with van der Waals surface area (Å²) < 4.78 is 9.77. The summed E-state index contributed by atoms with van der Waals surface area (Å²) in [6.45, 7) is 13.4. The number of imidazole rings is 2. The molecular formula is C52H60N8O6. The molecule has 4 bridgehead atoms. The normalized spacial score (nSPS) is 25.4. The van der Waals surface area contributed by atoms with Crippen molar-refractivity contribution >= 4 is 56.8 Å². The van der Waals surface area contributed by atoms with Crippen molar-refractivity contribution in [3.63, 3.8) is 0 Å². The van der Waals surface area contributed by atoms with Crippen molar-refractivity contribution < 1.29 is 28.7 Å². The lowest BCUT2D eigenvalue weighted by Crippen LogP contribution is -2.56. The first-order valence-corrected chi connectivity index (χ1v) is 23.3. The van der Waals surface area contributed by atoms with Crippen LogP contribution in [0.15, 0.2) is 72.8 Å². The Balaban J connectivity index is 0.966. The third-order valence-electron chi connectivity index (χ3n) is 15.5. The second kappa shape index (κ2) is 15.6. The Morgan fingerprint density at radius 2 is 1.02 bits per heavy atom. The highest BCUT2D eigenvalue weighted by Gasteiger charge is 2.62. The van der Waals surface area contributed by atoms with Crippen LogP contribution in [0.2, 0.25) is 0 Å². The average Bonchev–Trinajstić information content (AvgIpc) is 4.17. The van der Waals surface area contributed by atoms with E-state index in [4.69, 9.17) is 19.4 Å². The van der Waals surface area contributed by atoms with Crippen LogP contribution in [0.25, 0.3) is 55.1 Å². The molecule has 2 aliphatic heterocycles. The van der Waals surface area contributed by atoms with E-state index in [0.717, 1.165) is 105 Å². The number of piperidine rings is 2. The second-order valence-electron chi connectivity index (χ2n) is 20.9. The van der Waals surface area contributed by atoms with E-state index in [0.29, 0.717) is 13.1 Å². The molecule has 66 heavy (non-hydrogen) atoms. The molecule has 4 heterocycles. The zero-order valence-electron chi connectivity index (χ0n) is 39.1. The van der Waals surface area contributed by atoms with Crippen LogP contribution < -0.4 is 10.6 Å². The average molecular weight is 893 g/mol. The zero-order valence-corrected chi connectivity index (χ0v) is 39.1. The number of fused-ring (bicyclic) bond motifs is 7. The van der Waals surface area contributed by atoms with E-state index < -0.39 is 35.3 Å². The molecule has 6 atom stereocenters. The van der Waals surface area contributed by atoms with E-state index in [1.807, 2.05) is 37.5 Å². The molecule has 4 aromatic carbocycles. The lowest BCUT2D eigenvalue weighted by atomic mass is 9.90. The molecule has 14 heteroatoms. The van der Waals surface area contributed by atoms with E-state index in [2.05, 4.69) is 107 Å². The van der Waals surface area contributed by atoms with Crippen molar-refractivity contribution in [3.05, 3.63) is 84.4 Å². The van der Waals surface area contributed by atoms with Gasteiger partial charge in [-0.15, -0.1) is 0 Å². The van der Waals surface area contributed by atoms with Crippen molar-refractivity contribution in [1.29, 1.82) is 0 Å². The van der Waals surface area contributed by atoms with E-state index >= 15 is 0 Å². The molecular weight excluding hydrogens is 833 g/mol. The van der Waals surface area contributed by atoms with Gasteiger partial charge in [0.1, 0.15) is 34.8 Å². The van der Waals surface area contributed by atoms with Gasteiger partial charge in [-0.25, -0.2) is 19.6 Å². The fourth-order valence-corrected chi connectivity index (χ4v) is 12.2. The highest BCUT2D eigenvalue weighted by molar-refractivity contribution is 6.06. The summed E-state index contributed by atoms with van der Waals surface area (Å²) in [6, 6.07) is 24.1. The molecule has 10 rings (SSSR count). The molecule has 1 unspecified atom stereocenters. The van der Waals surface area contributed by atoms with Crippen molar-refractivity contribution in [2.24, 2.45) is 22.7 Å². The molecule has 6 aromatic rings. The number of H-pyrrole nitrogens is 2. The monoisotopic (exact) mass is 892 g/mol. The number of carbonyl (C=O) groups excluding carboxylic acids is 4. The summed E-state index contributed by atoms with van der Waals surface area (Å²) in [5, 5.41) is 7.81. The zero-order chi connectivity index (χ0) is 46.5. The SMILES string of the molecule is COC(=O)N[C@H](C(=O)N1C[C@@]2(C)CCC1(c1nc3ccc(-c4cccc5c(-c6ccc7nc([C@]89CC[C@](C)(CN8C(=O)[C@@H](NC(=O)OC)C(C)C)C9)[nH]c7c6)cccc45)cc3[nH]1)C2)C(C)C. The molecule has 2 aliphatic carbocycles. The van der Waals surface area contributed by atoms with Crippen LogP contribution in [-0.2, 0) is 30.1 Å². The third-order valence-corrected chi connectivity index (χ3v) is 15.5. The van der Waals surface area contributed by atoms with Crippen LogP contribution in [-0.4, -0.2) is 93.1 Å².